The summed E-state index contributed by atoms with van der Waals surface area (Å²) in [4.78, 5) is 10.9. The number of benzene rings is 1. The normalized spacial score (nSPS) is 11.8. The molecule has 1 rings (SSSR count). The van der Waals surface area contributed by atoms with Crippen molar-refractivity contribution in [1.29, 1.82) is 0 Å². The molecule has 0 amide bonds. The Bertz CT molecular complexity index is 490. The van der Waals surface area contributed by atoms with Crippen LogP contribution < -0.4 is 4.74 Å². The number of allylic oxidation sites excluding steroid dienone is 1. The average Bonchev–Trinajstić information content (AvgIpc) is 2.28. The molecule has 1 N–H and O–H groups in total. The van der Waals surface area contributed by atoms with Gasteiger partial charge in [0, 0.05) is 16.7 Å². The summed E-state index contributed by atoms with van der Waals surface area (Å²) in [7, 11) is 1.56. The molecule has 0 heterocycles. The van der Waals surface area contributed by atoms with Crippen molar-refractivity contribution in [2.24, 2.45) is 5.92 Å². The fourth-order valence-corrected chi connectivity index (χ4v) is 1.90. The van der Waals surface area contributed by atoms with Gasteiger partial charge in [-0.05, 0) is 36.1 Å². The molecular formula is C14H17ClO3. The highest BCUT2D eigenvalue weighted by Gasteiger charge is 2.15. The summed E-state index contributed by atoms with van der Waals surface area (Å²) in [6.45, 7) is 5.74. The monoisotopic (exact) mass is 268 g/mol. The molecule has 0 atom stereocenters. The zero-order valence-electron chi connectivity index (χ0n) is 11.0. The van der Waals surface area contributed by atoms with E-state index in [0.717, 1.165) is 11.1 Å². The first-order valence-electron chi connectivity index (χ1n) is 5.65. The Morgan fingerprint density at radius 1 is 1.44 bits per heavy atom. The smallest absolute Gasteiger partial charge is 0.328 e. The standard InChI is InChI=1S/C14H17ClO3/c1-8(2)10(7-14(16)17)11-6-12(15)9(3)5-13(11)18-4/h5-8H,1-4H3,(H,16,17)/b10-7+. The summed E-state index contributed by atoms with van der Waals surface area (Å²) in [5.74, 6) is -0.274. The zero-order chi connectivity index (χ0) is 13.9. The van der Waals surface area contributed by atoms with Gasteiger partial charge in [0.1, 0.15) is 5.75 Å². The molecule has 98 valence electrons. The summed E-state index contributed by atoms with van der Waals surface area (Å²) in [6, 6.07) is 3.57. The molecule has 0 aliphatic heterocycles. The van der Waals surface area contributed by atoms with Gasteiger partial charge in [0.05, 0.1) is 7.11 Å². The van der Waals surface area contributed by atoms with Gasteiger partial charge in [-0.2, -0.15) is 0 Å². The predicted molar refractivity (Wildman–Crippen MR) is 73.2 cm³/mol. The van der Waals surface area contributed by atoms with Gasteiger partial charge in [0.25, 0.3) is 0 Å². The van der Waals surface area contributed by atoms with Gasteiger partial charge in [-0.1, -0.05) is 25.4 Å². The van der Waals surface area contributed by atoms with E-state index in [4.69, 9.17) is 21.4 Å². The number of aliphatic carboxylic acids is 1. The second-order valence-corrected chi connectivity index (χ2v) is 4.80. The number of halogens is 1. The zero-order valence-corrected chi connectivity index (χ0v) is 11.7. The minimum atomic E-state index is -0.975. The molecule has 0 fully saturated rings. The van der Waals surface area contributed by atoms with Crippen LogP contribution in [0, 0.1) is 12.8 Å². The van der Waals surface area contributed by atoms with Crippen LogP contribution in [0.1, 0.15) is 25.0 Å². The van der Waals surface area contributed by atoms with Crippen molar-refractivity contribution < 1.29 is 14.6 Å². The van der Waals surface area contributed by atoms with Gasteiger partial charge in [0.2, 0.25) is 0 Å². The molecule has 0 spiro atoms. The lowest BCUT2D eigenvalue weighted by Gasteiger charge is -2.16. The van der Waals surface area contributed by atoms with Crippen LogP contribution in [-0.4, -0.2) is 18.2 Å². The molecule has 0 radical (unpaired) electrons. The number of carbonyl (C=O) groups is 1. The molecule has 0 bridgehead atoms. The molecular weight excluding hydrogens is 252 g/mol. The van der Waals surface area contributed by atoms with Gasteiger partial charge in [-0.15, -0.1) is 0 Å². The largest absolute Gasteiger partial charge is 0.496 e. The third-order valence-corrected chi connectivity index (χ3v) is 3.10. The molecule has 0 aliphatic carbocycles. The van der Waals surface area contributed by atoms with E-state index in [0.29, 0.717) is 16.3 Å². The van der Waals surface area contributed by atoms with Crippen molar-refractivity contribution in [3.63, 3.8) is 0 Å². The van der Waals surface area contributed by atoms with Crippen molar-refractivity contribution in [2.45, 2.75) is 20.8 Å². The first kappa shape index (κ1) is 14.6. The average molecular weight is 269 g/mol. The molecule has 1 aromatic rings. The van der Waals surface area contributed by atoms with E-state index in [9.17, 15) is 4.79 Å². The number of hydrogen-bond donors (Lipinski definition) is 1. The second kappa shape index (κ2) is 5.91. The first-order chi connectivity index (χ1) is 8.36. The molecule has 0 aromatic heterocycles. The van der Waals surface area contributed by atoms with Crippen LogP contribution in [0.2, 0.25) is 5.02 Å². The lowest BCUT2D eigenvalue weighted by Crippen LogP contribution is -2.01. The quantitative estimate of drug-likeness (QED) is 0.846. The molecule has 0 aliphatic rings. The Morgan fingerprint density at radius 3 is 2.50 bits per heavy atom. The van der Waals surface area contributed by atoms with Crippen LogP contribution in [0.4, 0.5) is 0 Å². The summed E-state index contributed by atoms with van der Waals surface area (Å²) in [5.41, 5.74) is 2.32. The lowest BCUT2D eigenvalue weighted by atomic mass is 9.93. The number of ether oxygens (including phenoxy) is 1. The minimum Gasteiger partial charge on any atom is -0.496 e. The van der Waals surface area contributed by atoms with Gasteiger partial charge in [0.15, 0.2) is 0 Å². The van der Waals surface area contributed by atoms with E-state index in [1.807, 2.05) is 26.8 Å². The maximum absolute atomic E-state index is 10.9. The summed E-state index contributed by atoms with van der Waals surface area (Å²) in [5, 5.41) is 9.53. The molecule has 4 heteroatoms. The van der Waals surface area contributed by atoms with Crippen molar-refractivity contribution in [2.75, 3.05) is 7.11 Å². The van der Waals surface area contributed by atoms with Crippen LogP contribution in [0.15, 0.2) is 18.2 Å². The highest BCUT2D eigenvalue weighted by Crippen LogP contribution is 2.35. The maximum Gasteiger partial charge on any atom is 0.328 e. The number of carboxylic acids is 1. The van der Waals surface area contributed by atoms with Crippen molar-refractivity contribution in [3.8, 4) is 5.75 Å². The fourth-order valence-electron chi connectivity index (χ4n) is 1.74. The topological polar surface area (TPSA) is 46.5 Å². The van der Waals surface area contributed by atoms with Crippen LogP contribution in [0.25, 0.3) is 5.57 Å². The Kier molecular flexibility index (Phi) is 4.79. The highest BCUT2D eigenvalue weighted by atomic mass is 35.5. The lowest BCUT2D eigenvalue weighted by molar-refractivity contribution is -0.131. The summed E-state index contributed by atoms with van der Waals surface area (Å²) >= 11 is 6.10. The summed E-state index contributed by atoms with van der Waals surface area (Å²) in [6.07, 6.45) is 1.20. The van der Waals surface area contributed by atoms with Gasteiger partial charge in [-0.3, -0.25) is 0 Å². The number of carboxylic acid groups (broad SMARTS) is 1. The maximum atomic E-state index is 10.9. The predicted octanol–water partition coefficient (Wildman–Crippen LogP) is 3.78. The Morgan fingerprint density at radius 2 is 2.06 bits per heavy atom. The molecule has 0 saturated carbocycles. The van der Waals surface area contributed by atoms with Crippen molar-refractivity contribution in [3.05, 3.63) is 34.4 Å². The number of aryl methyl sites for hydroxylation is 1. The molecule has 0 unspecified atom stereocenters. The number of methoxy groups -OCH3 is 1. The van der Waals surface area contributed by atoms with Crippen LogP contribution in [0.3, 0.4) is 0 Å². The molecule has 3 nitrogen and oxygen atoms in total. The van der Waals surface area contributed by atoms with Gasteiger partial charge >= 0.3 is 5.97 Å². The Hall–Kier alpha value is -1.48. The number of rotatable bonds is 4. The second-order valence-electron chi connectivity index (χ2n) is 4.39. The van der Waals surface area contributed by atoms with Crippen LogP contribution >= 0.6 is 11.6 Å². The van der Waals surface area contributed by atoms with Gasteiger partial charge < -0.3 is 9.84 Å². The van der Waals surface area contributed by atoms with E-state index in [1.165, 1.54) is 6.08 Å². The van der Waals surface area contributed by atoms with Gasteiger partial charge in [-0.25, -0.2) is 4.79 Å². The SMILES string of the molecule is COc1cc(C)c(Cl)cc1/C(=C/C(=O)O)C(C)C. The van der Waals surface area contributed by atoms with Crippen LogP contribution in [-0.2, 0) is 4.79 Å². The van der Waals surface area contributed by atoms with Crippen molar-refractivity contribution in [1.82, 2.24) is 0 Å². The van der Waals surface area contributed by atoms with E-state index in [-0.39, 0.29) is 5.92 Å². The first-order valence-corrected chi connectivity index (χ1v) is 6.03. The van der Waals surface area contributed by atoms with E-state index in [2.05, 4.69) is 0 Å². The molecule has 18 heavy (non-hydrogen) atoms. The highest BCUT2D eigenvalue weighted by molar-refractivity contribution is 6.31. The van der Waals surface area contributed by atoms with Crippen molar-refractivity contribution >= 4 is 23.1 Å². The fraction of sp³-hybridized carbons (Fsp3) is 0.357. The number of hydrogen-bond acceptors (Lipinski definition) is 2. The molecule has 1 aromatic carbocycles. The summed E-state index contributed by atoms with van der Waals surface area (Å²) < 4.78 is 5.30. The third kappa shape index (κ3) is 3.26. The van der Waals surface area contributed by atoms with E-state index in [1.54, 1.807) is 13.2 Å². The molecule has 0 saturated heterocycles. The Balaban J connectivity index is 3.45. The third-order valence-electron chi connectivity index (χ3n) is 2.69. The Labute approximate surface area is 112 Å². The van der Waals surface area contributed by atoms with E-state index >= 15 is 0 Å². The van der Waals surface area contributed by atoms with Crippen LogP contribution in [0.5, 0.6) is 5.75 Å². The van der Waals surface area contributed by atoms with E-state index < -0.39 is 5.97 Å². The minimum absolute atomic E-state index is 0.0637.